The van der Waals surface area contributed by atoms with Gasteiger partial charge in [-0.15, -0.1) is 0 Å². The monoisotopic (exact) mass is 338 g/mol. The Balaban J connectivity index is 1.47. The fourth-order valence-electron chi connectivity index (χ4n) is 3.41. The largest absolute Gasteiger partial charge is 0.385 e. The third-order valence-electron chi connectivity index (χ3n) is 4.90. The molecule has 25 heavy (non-hydrogen) atoms. The molecule has 0 bridgehead atoms. The first kappa shape index (κ1) is 17.5. The summed E-state index contributed by atoms with van der Waals surface area (Å²) in [6.45, 7) is 4.33. The van der Waals surface area contributed by atoms with Crippen LogP contribution in [0.4, 0.5) is 5.69 Å². The Labute approximate surface area is 149 Å². The van der Waals surface area contributed by atoms with Gasteiger partial charge in [0.25, 0.3) is 0 Å². The van der Waals surface area contributed by atoms with E-state index >= 15 is 0 Å². The molecule has 4 nitrogen and oxygen atoms in total. The van der Waals surface area contributed by atoms with Crippen LogP contribution in [0.1, 0.15) is 25.3 Å². The number of carbonyl (C=O) groups excluding carboxylic acids is 1. The number of rotatable bonds is 6. The predicted molar refractivity (Wildman–Crippen MR) is 100 cm³/mol. The molecule has 3 rings (SSSR count). The molecule has 2 aromatic rings. The summed E-state index contributed by atoms with van der Waals surface area (Å²) in [6, 6.07) is 19.7. The maximum absolute atomic E-state index is 12.3. The van der Waals surface area contributed by atoms with Gasteiger partial charge in [-0.25, -0.2) is 0 Å². The van der Waals surface area contributed by atoms with Crippen LogP contribution < -0.4 is 10.2 Å². The number of hydrogen-bond donors (Lipinski definition) is 2. The average molecular weight is 338 g/mol. The zero-order valence-electron chi connectivity index (χ0n) is 14.7. The van der Waals surface area contributed by atoms with Crippen LogP contribution in [0, 0.1) is 5.92 Å². The second-order valence-electron chi connectivity index (χ2n) is 7.06. The average Bonchev–Trinajstić information content (AvgIpc) is 3.10. The summed E-state index contributed by atoms with van der Waals surface area (Å²) < 4.78 is 0. The van der Waals surface area contributed by atoms with E-state index in [1.165, 1.54) is 5.69 Å². The zero-order chi connectivity index (χ0) is 17.7. The Morgan fingerprint density at radius 1 is 1.16 bits per heavy atom. The molecule has 1 fully saturated rings. The van der Waals surface area contributed by atoms with Gasteiger partial charge in [0.05, 0.1) is 12.0 Å². The molecule has 2 atom stereocenters. The molecule has 0 radical (unpaired) electrons. The third-order valence-corrected chi connectivity index (χ3v) is 4.90. The van der Waals surface area contributed by atoms with Crippen molar-refractivity contribution in [1.82, 2.24) is 5.32 Å². The second kappa shape index (κ2) is 7.70. The maximum atomic E-state index is 12.3. The highest BCUT2D eigenvalue weighted by Gasteiger charge is 2.28. The van der Waals surface area contributed by atoms with Gasteiger partial charge in [-0.1, -0.05) is 48.5 Å². The highest BCUT2D eigenvalue weighted by atomic mass is 16.3. The van der Waals surface area contributed by atoms with Crippen LogP contribution in [0.2, 0.25) is 0 Å². The number of para-hydroxylation sites is 1. The van der Waals surface area contributed by atoms with Crippen LogP contribution in [0.3, 0.4) is 0 Å². The van der Waals surface area contributed by atoms with Crippen molar-refractivity contribution in [3.05, 3.63) is 66.2 Å². The summed E-state index contributed by atoms with van der Waals surface area (Å²) >= 11 is 0. The van der Waals surface area contributed by atoms with Crippen molar-refractivity contribution in [2.75, 3.05) is 24.5 Å². The van der Waals surface area contributed by atoms with Crippen molar-refractivity contribution in [2.24, 2.45) is 5.92 Å². The molecule has 1 heterocycles. The van der Waals surface area contributed by atoms with E-state index in [-0.39, 0.29) is 12.3 Å². The van der Waals surface area contributed by atoms with Crippen LogP contribution in [0.25, 0.3) is 0 Å². The summed E-state index contributed by atoms with van der Waals surface area (Å²) in [6.07, 6.45) is 1.15. The van der Waals surface area contributed by atoms with Gasteiger partial charge < -0.3 is 15.3 Å². The van der Waals surface area contributed by atoms with E-state index in [1.807, 2.05) is 36.4 Å². The van der Waals surface area contributed by atoms with Crippen LogP contribution in [0.5, 0.6) is 0 Å². The summed E-state index contributed by atoms with van der Waals surface area (Å²) in [5, 5.41) is 13.6. The van der Waals surface area contributed by atoms with E-state index in [0.29, 0.717) is 12.5 Å². The molecule has 1 aliphatic heterocycles. The predicted octanol–water partition coefficient (Wildman–Crippen LogP) is 2.93. The van der Waals surface area contributed by atoms with E-state index in [4.69, 9.17) is 0 Å². The van der Waals surface area contributed by atoms with E-state index in [1.54, 1.807) is 6.92 Å². The van der Waals surface area contributed by atoms with Gasteiger partial charge in [0.1, 0.15) is 0 Å². The number of nitrogens with one attached hydrogen (secondary N) is 1. The number of aliphatic hydroxyl groups is 1. The van der Waals surface area contributed by atoms with Gasteiger partial charge in [-0.3, -0.25) is 4.79 Å². The normalized spacial score (nSPS) is 19.4. The van der Waals surface area contributed by atoms with E-state index in [9.17, 15) is 9.90 Å². The minimum Gasteiger partial charge on any atom is -0.385 e. The number of anilines is 1. The van der Waals surface area contributed by atoms with Crippen LogP contribution in [-0.2, 0) is 10.4 Å². The fraction of sp³-hybridized carbons (Fsp3) is 0.381. The van der Waals surface area contributed by atoms with E-state index in [0.717, 1.165) is 25.1 Å². The lowest BCUT2D eigenvalue weighted by Crippen LogP contribution is -2.36. The van der Waals surface area contributed by atoms with Gasteiger partial charge >= 0.3 is 0 Å². The molecule has 1 saturated heterocycles. The molecule has 2 unspecified atom stereocenters. The number of nitrogens with zero attached hydrogens (tertiary/aromatic N) is 1. The van der Waals surface area contributed by atoms with Crippen LogP contribution in [0.15, 0.2) is 60.7 Å². The SMILES string of the molecule is CC(O)(CC(=O)NCC1CCN(c2ccccc2)C1)c1ccccc1. The van der Waals surface area contributed by atoms with E-state index < -0.39 is 5.60 Å². The number of carbonyl (C=O) groups is 1. The number of benzene rings is 2. The first-order chi connectivity index (χ1) is 12.0. The fourth-order valence-corrected chi connectivity index (χ4v) is 3.41. The minimum absolute atomic E-state index is 0.0755. The molecule has 0 aromatic heterocycles. The lowest BCUT2D eigenvalue weighted by Gasteiger charge is -2.24. The van der Waals surface area contributed by atoms with Crippen molar-refractivity contribution < 1.29 is 9.90 Å². The second-order valence-corrected chi connectivity index (χ2v) is 7.06. The van der Waals surface area contributed by atoms with Gasteiger partial charge in [0.15, 0.2) is 0 Å². The molecule has 0 aliphatic carbocycles. The molecular formula is C21H26N2O2. The molecule has 1 aliphatic rings. The Morgan fingerprint density at radius 2 is 1.80 bits per heavy atom. The first-order valence-corrected chi connectivity index (χ1v) is 8.89. The van der Waals surface area contributed by atoms with Crippen molar-refractivity contribution in [1.29, 1.82) is 0 Å². The minimum atomic E-state index is -1.14. The van der Waals surface area contributed by atoms with Crippen molar-refractivity contribution >= 4 is 11.6 Å². The van der Waals surface area contributed by atoms with Crippen molar-refractivity contribution in [3.8, 4) is 0 Å². The maximum Gasteiger partial charge on any atom is 0.223 e. The first-order valence-electron chi connectivity index (χ1n) is 8.89. The highest BCUT2D eigenvalue weighted by molar-refractivity contribution is 5.77. The van der Waals surface area contributed by atoms with Crippen LogP contribution >= 0.6 is 0 Å². The molecule has 2 aromatic carbocycles. The Morgan fingerprint density at radius 3 is 2.48 bits per heavy atom. The molecule has 2 N–H and O–H groups in total. The molecule has 4 heteroatoms. The summed E-state index contributed by atoms with van der Waals surface area (Å²) in [5.41, 5.74) is 0.862. The zero-order valence-corrected chi connectivity index (χ0v) is 14.7. The smallest absolute Gasteiger partial charge is 0.223 e. The summed E-state index contributed by atoms with van der Waals surface area (Å²) in [5.74, 6) is 0.345. The quantitative estimate of drug-likeness (QED) is 0.851. The summed E-state index contributed by atoms with van der Waals surface area (Å²) in [7, 11) is 0. The molecular weight excluding hydrogens is 312 g/mol. The third kappa shape index (κ3) is 4.60. The van der Waals surface area contributed by atoms with Crippen molar-refractivity contribution in [3.63, 3.8) is 0 Å². The highest BCUT2D eigenvalue weighted by Crippen LogP contribution is 2.25. The van der Waals surface area contributed by atoms with Gasteiger partial charge in [-0.2, -0.15) is 0 Å². The Bertz CT molecular complexity index is 686. The lowest BCUT2D eigenvalue weighted by molar-refractivity contribution is -0.126. The van der Waals surface area contributed by atoms with Crippen molar-refractivity contribution in [2.45, 2.75) is 25.4 Å². The van der Waals surface area contributed by atoms with Gasteiger partial charge in [-0.05, 0) is 37.0 Å². The lowest BCUT2D eigenvalue weighted by atomic mass is 9.92. The number of amides is 1. The molecule has 0 spiro atoms. The molecule has 0 saturated carbocycles. The molecule has 132 valence electrons. The Hall–Kier alpha value is -2.33. The van der Waals surface area contributed by atoms with E-state index in [2.05, 4.69) is 34.5 Å². The van der Waals surface area contributed by atoms with Gasteiger partial charge in [0, 0.05) is 25.3 Å². The standard InChI is InChI=1S/C21H26N2O2/c1-21(25,18-8-4-2-5-9-18)14-20(24)22-15-17-12-13-23(16-17)19-10-6-3-7-11-19/h2-11,17,25H,12-16H2,1H3,(H,22,24). The Kier molecular flexibility index (Phi) is 5.39. The molecule has 1 amide bonds. The summed E-state index contributed by atoms with van der Waals surface area (Å²) in [4.78, 5) is 14.6. The van der Waals surface area contributed by atoms with Crippen LogP contribution in [-0.4, -0.2) is 30.6 Å². The number of hydrogen-bond acceptors (Lipinski definition) is 3. The topological polar surface area (TPSA) is 52.6 Å². The van der Waals surface area contributed by atoms with Gasteiger partial charge in [0.2, 0.25) is 5.91 Å².